The maximum absolute atomic E-state index is 11.8. The molecule has 1 fully saturated rings. The number of aromatic nitrogens is 2. The van der Waals surface area contributed by atoms with Gasteiger partial charge in [-0.3, -0.25) is 4.79 Å². The van der Waals surface area contributed by atoms with Crippen LogP contribution in [0.5, 0.6) is 0 Å². The van der Waals surface area contributed by atoms with Gasteiger partial charge in [-0.25, -0.2) is 10.1 Å². The van der Waals surface area contributed by atoms with Crippen LogP contribution in [0.4, 0.5) is 0 Å². The Kier molecular flexibility index (Phi) is 4.35. The third-order valence-corrected chi connectivity index (χ3v) is 4.41. The van der Waals surface area contributed by atoms with Gasteiger partial charge in [0.2, 0.25) is 5.91 Å². The molecule has 5 heteroatoms. The molecule has 1 amide bonds. The van der Waals surface area contributed by atoms with Gasteiger partial charge in [0.25, 0.3) is 0 Å². The van der Waals surface area contributed by atoms with Gasteiger partial charge < -0.3 is 0 Å². The highest BCUT2D eigenvalue weighted by atomic mass is 16.2. The van der Waals surface area contributed by atoms with Crippen molar-refractivity contribution in [3.05, 3.63) is 71.9 Å². The Morgan fingerprint density at radius 1 is 1.15 bits per heavy atom. The second kappa shape index (κ2) is 6.96. The SMILES string of the molecule is Cc1ccc(-c2nn(-c3ccccc3)cc2/C=N\NC(=O)C2CC2)cc1. The Morgan fingerprint density at radius 2 is 1.88 bits per heavy atom. The molecule has 1 N–H and O–H groups in total. The average molecular weight is 344 g/mol. The van der Waals surface area contributed by atoms with E-state index in [0.717, 1.165) is 35.3 Å². The summed E-state index contributed by atoms with van der Waals surface area (Å²) < 4.78 is 1.83. The third-order valence-electron chi connectivity index (χ3n) is 4.41. The molecule has 0 saturated heterocycles. The molecular weight excluding hydrogens is 324 g/mol. The highest BCUT2D eigenvalue weighted by Crippen LogP contribution is 2.28. The van der Waals surface area contributed by atoms with E-state index in [4.69, 9.17) is 5.10 Å². The Balaban J connectivity index is 1.67. The molecule has 0 spiro atoms. The van der Waals surface area contributed by atoms with Gasteiger partial charge in [0, 0.05) is 23.2 Å². The molecule has 0 radical (unpaired) electrons. The normalized spacial score (nSPS) is 13.9. The van der Waals surface area contributed by atoms with Crippen LogP contribution in [-0.2, 0) is 4.79 Å². The Labute approximate surface area is 152 Å². The minimum absolute atomic E-state index is 0.00594. The number of nitrogens with zero attached hydrogens (tertiary/aromatic N) is 3. The second-order valence-corrected chi connectivity index (χ2v) is 6.59. The van der Waals surface area contributed by atoms with E-state index in [9.17, 15) is 4.79 Å². The summed E-state index contributed by atoms with van der Waals surface area (Å²) in [4.78, 5) is 11.8. The number of hydrogen-bond acceptors (Lipinski definition) is 3. The van der Waals surface area contributed by atoms with E-state index in [0.29, 0.717) is 0 Å². The van der Waals surface area contributed by atoms with Crippen molar-refractivity contribution >= 4 is 12.1 Å². The third kappa shape index (κ3) is 3.57. The first-order chi connectivity index (χ1) is 12.7. The fourth-order valence-corrected chi connectivity index (χ4v) is 2.73. The van der Waals surface area contributed by atoms with E-state index in [1.54, 1.807) is 6.21 Å². The number of benzene rings is 2. The Hall–Kier alpha value is -3.21. The fraction of sp³-hybridized carbons (Fsp3) is 0.190. The monoisotopic (exact) mass is 344 g/mol. The Morgan fingerprint density at radius 3 is 2.58 bits per heavy atom. The van der Waals surface area contributed by atoms with Crippen LogP contribution in [0.3, 0.4) is 0 Å². The van der Waals surface area contributed by atoms with E-state index >= 15 is 0 Å². The number of para-hydroxylation sites is 1. The standard InChI is InChI=1S/C21H20N4O/c1-15-7-9-16(10-8-15)20-18(13-22-23-21(26)17-11-12-17)14-25(24-20)19-5-3-2-4-6-19/h2-10,13-14,17H,11-12H2,1H3,(H,23,26)/b22-13-. The van der Waals surface area contributed by atoms with E-state index in [1.165, 1.54) is 5.56 Å². The van der Waals surface area contributed by atoms with Crippen LogP contribution >= 0.6 is 0 Å². The molecule has 0 bridgehead atoms. The zero-order valence-corrected chi connectivity index (χ0v) is 14.6. The first-order valence-corrected chi connectivity index (χ1v) is 8.76. The molecule has 0 unspecified atom stereocenters. The Bertz CT molecular complexity index is 938. The molecule has 1 aromatic heterocycles. The van der Waals surface area contributed by atoms with Gasteiger partial charge in [0.15, 0.2) is 0 Å². The highest BCUT2D eigenvalue weighted by molar-refractivity contribution is 5.90. The zero-order valence-electron chi connectivity index (χ0n) is 14.6. The van der Waals surface area contributed by atoms with Crippen molar-refractivity contribution in [3.8, 4) is 16.9 Å². The number of aryl methyl sites for hydroxylation is 1. The molecule has 26 heavy (non-hydrogen) atoms. The fourth-order valence-electron chi connectivity index (χ4n) is 2.73. The van der Waals surface area contributed by atoms with Crippen LogP contribution in [0.15, 0.2) is 65.9 Å². The number of rotatable bonds is 5. The van der Waals surface area contributed by atoms with Gasteiger partial charge in [-0.05, 0) is 31.9 Å². The first kappa shape index (κ1) is 16.3. The van der Waals surface area contributed by atoms with Gasteiger partial charge in [0.1, 0.15) is 5.69 Å². The van der Waals surface area contributed by atoms with Gasteiger partial charge in [0.05, 0.1) is 11.9 Å². The molecule has 130 valence electrons. The van der Waals surface area contributed by atoms with Gasteiger partial charge in [-0.2, -0.15) is 10.2 Å². The van der Waals surface area contributed by atoms with E-state index in [1.807, 2.05) is 53.3 Å². The molecule has 1 aliphatic carbocycles. The number of hydrogen-bond donors (Lipinski definition) is 1. The van der Waals surface area contributed by atoms with Crippen molar-refractivity contribution < 1.29 is 4.79 Å². The molecule has 1 aliphatic rings. The number of carbonyl (C=O) groups is 1. The summed E-state index contributed by atoms with van der Waals surface area (Å²) in [6, 6.07) is 18.2. The van der Waals surface area contributed by atoms with Crippen LogP contribution in [-0.4, -0.2) is 21.9 Å². The molecule has 2 aromatic carbocycles. The molecule has 0 atom stereocenters. The molecule has 1 heterocycles. The predicted molar refractivity (Wildman–Crippen MR) is 102 cm³/mol. The first-order valence-electron chi connectivity index (χ1n) is 8.76. The summed E-state index contributed by atoms with van der Waals surface area (Å²) >= 11 is 0. The number of hydrazone groups is 1. The van der Waals surface area contributed by atoms with Crippen LogP contribution in [0.1, 0.15) is 24.0 Å². The molecule has 1 saturated carbocycles. The van der Waals surface area contributed by atoms with Crippen LogP contribution in [0.2, 0.25) is 0 Å². The molecule has 4 rings (SSSR count). The topological polar surface area (TPSA) is 59.3 Å². The molecular formula is C21H20N4O. The minimum atomic E-state index is -0.00594. The molecule has 3 aromatic rings. The lowest BCUT2D eigenvalue weighted by molar-refractivity contribution is -0.122. The summed E-state index contributed by atoms with van der Waals surface area (Å²) in [6.07, 6.45) is 5.52. The van der Waals surface area contributed by atoms with Crippen LogP contribution in [0.25, 0.3) is 16.9 Å². The smallest absolute Gasteiger partial charge is 0.243 e. The summed E-state index contributed by atoms with van der Waals surface area (Å²) in [7, 11) is 0. The van der Waals surface area contributed by atoms with Crippen molar-refractivity contribution in [2.75, 3.05) is 0 Å². The van der Waals surface area contributed by atoms with E-state index < -0.39 is 0 Å². The quantitative estimate of drug-likeness (QED) is 0.567. The summed E-state index contributed by atoms with van der Waals surface area (Å²) in [6.45, 7) is 2.06. The summed E-state index contributed by atoms with van der Waals surface area (Å²) in [5, 5.41) is 8.87. The van der Waals surface area contributed by atoms with Crippen molar-refractivity contribution in [2.24, 2.45) is 11.0 Å². The number of carbonyl (C=O) groups excluding carboxylic acids is 1. The lowest BCUT2D eigenvalue weighted by atomic mass is 10.1. The van der Waals surface area contributed by atoms with E-state index in [2.05, 4.69) is 29.6 Å². The molecule has 0 aliphatic heterocycles. The number of amides is 1. The zero-order chi connectivity index (χ0) is 17.9. The maximum Gasteiger partial charge on any atom is 0.243 e. The van der Waals surface area contributed by atoms with Crippen molar-refractivity contribution in [2.45, 2.75) is 19.8 Å². The predicted octanol–water partition coefficient (Wildman–Crippen LogP) is 3.71. The molecule has 5 nitrogen and oxygen atoms in total. The lowest BCUT2D eigenvalue weighted by Crippen LogP contribution is -2.18. The second-order valence-electron chi connectivity index (χ2n) is 6.59. The number of nitrogens with one attached hydrogen (secondary N) is 1. The summed E-state index contributed by atoms with van der Waals surface area (Å²) in [5.41, 5.74) is 7.50. The van der Waals surface area contributed by atoms with Gasteiger partial charge in [-0.15, -0.1) is 0 Å². The lowest BCUT2D eigenvalue weighted by Gasteiger charge is -2.01. The summed E-state index contributed by atoms with van der Waals surface area (Å²) in [5.74, 6) is 0.129. The largest absolute Gasteiger partial charge is 0.273 e. The van der Waals surface area contributed by atoms with Gasteiger partial charge in [-0.1, -0.05) is 48.0 Å². The average Bonchev–Trinajstić information content (AvgIpc) is 3.44. The van der Waals surface area contributed by atoms with Crippen LogP contribution in [0, 0.1) is 12.8 Å². The maximum atomic E-state index is 11.8. The van der Waals surface area contributed by atoms with E-state index in [-0.39, 0.29) is 11.8 Å². The van der Waals surface area contributed by atoms with Gasteiger partial charge >= 0.3 is 0 Å². The van der Waals surface area contributed by atoms with Crippen LogP contribution < -0.4 is 5.43 Å². The van der Waals surface area contributed by atoms with Crippen molar-refractivity contribution in [1.82, 2.24) is 15.2 Å². The van der Waals surface area contributed by atoms with Crippen molar-refractivity contribution in [3.63, 3.8) is 0 Å². The minimum Gasteiger partial charge on any atom is -0.273 e. The highest BCUT2D eigenvalue weighted by Gasteiger charge is 2.29. The van der Waals surface area contributed by atoms with Crippen molar-refractivity contribution in [1.29, 1.82) is 0 Å².